The summed E-state index contributed by atoms with van der Waals surface area (Å²) in [5.41, 5.74) is 2.17. The number of hydrogen-bond acceptors (Lipinski definition) is 6. The van der Waals surface area contributed by atoms with Gasteiger partial charge in [0.25, 0.3) is 0 Å². The number of aliphatic hydroxyl groups excluding tert-OH is 1. The lowest BCUT2D eigenvalue weighted by atomic mass is 10.2. The molecule has 0 aromatic carbocycles. The Morgan fingerprint density at radius 2 is 2.08 bits per heavy atom. The van der Waals surface area contributed by atoms with E-state index in [9.17, 15) is 5.26 Å². The van der Waals surface area contributed by atoms with Crippen LogP contribution in [0.2, 0.25) is 0 Å². The standard InChI is InChI=1S/C18H18N6O/c19-8-15-7-13-10-21-18(22-16-6-5-12(11-25)9-20-16)23-17(13)24(15)14-3-1-2-4-14/h5-7,9-10,14,25H,1-4,11H2,(H,20,21,22,23). The molecule has 1 aliphatic carbocycles. The Hall–Kier alpha value is -2.98. The monoisotopic (exact) mass is 334 g/mol. The zero-order valence-electron chi connectivity index (χ0n) is 13.7. The Bertz CT molecular complexity index is 935. The third-order valence-electron chi connectivity index (χ3n) is 4.63. The lowest BCUT2D eigenvalue weighted by molar-refractivity contribution is 0.281. The molecule has 1 aliphatic rings. The van der Waals surface area contributed by atoms with Crippen molar-refractivity contribution in [2.24, 2.45) is 0 Å². The SMILES string of the molecule is N#Cc1cc2cnc(Nc3ccc(CO)cn3)nc2n1C1CCCC1. The molecule has 126 valence electrons. The van der Waals surface area contributed by atoms with Gasteiger partial charge < -0.3 is 15.0 Å². The van der Waals surface area contributed by atoms with Crippen molar-refractivity contribution in [1.82, 2.24) is 19.5 Å². The molecule has 7 heteroatoms. The molecule has 0 aliphatic heterocycles. The molecular formula is C18H18N6O. The summed E-state index contributed by atoms with van der Waals surface area (Å²) >= 11 is 0. The lowest BCUT2D eigenvalue weighted by Gasteiger charge is -2.14. The molecule has 1 fully saturated rings. The number of anilines is 2. The molecule has 7 nitrogen and oxygen atoms in total. The van der Waals surface area contributed by atoms with Gasteiger partial charge in [-0.25, -0.2) is 9.97 Å². The van der Waals surface area contributed by atoms with Crippen LogP contribution in [0.4, 0.5) is 11.8 Å². The number of nitriles is 1. The van der Waals surface area contributed by atoms with Gasteiger partial charge in [-0.15, -0.1) is 0 Å². The van der Waals surface area contributed by atoms with Crippen molar-refractivity contribution >= 4 is 22.8 Å². The minimum atomic E-state index is -0.0401. The Labute approximate surface area is 145 Å². The number of nitrogens with one attached hydrogen (secondary N) is 1. The number of pyridine rings is 1. The summed E-state index contributed by atoms with van der Waals surface area (Å²) in [6.45, 7) is -0.0401. The molecule has 0 amide bonds. The van der Waals surface area contributed by atoms with Gasteiger partial charge in [0, 0.05) is 23.8 Å². The first-order valence-corrected chi connectivity index (χ1v) is 8.39. The highest BCUT2D eigenvalue weighted by molar-refractivity contribution is 5.79. The van der Waals surface area contributed by atoms with E-state index < -0.39 is 0 Å². The molecule has 0 unspecified atom stereocenters. The fourth-order valence-electron chi connectivity index (χ4n) is 3.39. The van der Waals surface area contributed by atoms with E-state index in [-0.39, 0.29) is 6.61 Å². The second kappa shape index (κ2) is 6.49. The van der Waals surface area contributed by atoms with Crippen molar-refractivity contribution in [3.8, 4) is 6.07 Å². The van der Waals surface area contributed by atoms with Crippen LogP contribution in [-0.2, 0) is 6.61 Å². The van der Waals surface area contributed by atoms with Gasteiger partial charge in [-0.05, 0) is 30.5 Å². The van der Waals surface area contributed by atoms with Crippen molar-refractivity contribution in [2.75, 3.05) is 5.32 Å². The molecule has 0 radical (unpaired) electrons. The number of aromatic nitrogens is 4. The van der Waals surface area contributed by atoms with Gasteiger partial charge in [-0.1, -0.05) is 18.9 Å². The van der Waals surface area contributed by atoms with Crippen molar-refractivity contribution in [2.45, 2.75) is 38.3 Å². The highest BCUT2D eigenvalue weighted by atomic mass is 16.3. The molecule has 0 bridgehead atoms. The predicted molar refractivity (Wildman–Crippen MR) is 93.2 cm³/mol. The lowest BCUT2D eigenvalue weighted by Crippen LogP contribution is -2.08. The predicted octanol–water partition coefficient (Wildman–Crippen LogP) is 3.05. The van der Waals surface area contributed by atoms with Crippen LogP contribution in [0.5, 0.6) is 0 Å². The molecule has 3 aromatic heterocycles. The number of hydrogen-bond donors (Lipinski definition) is 2. The molecular weight excluding hydrogens is 316 g/mol. The maximum Gasteiger partial charge on any atom is 0.230 e. The van der Waals surface area contributed by atoms with Crippen LogP contribution in [0.1, 0.15) is 43.0 Å². The van der Waals surface area contributed by atoms with Gasteiger partial charge >= 0.3 is 0 Å². The highest BCUT2D eigenvalue weighted by Gasteiger charge is 2.22. The normalized spacial score (nSPS) is 14.7. The Balaban J connectivity index is 1.70. The van der Waals surface area contributed by atoms with E-state index >= 15 is 0 Å². The van der Waals surface area contributed by atoms with Crippen molar-refractivity contribution in [3.63, 3.8) is 0 Å². The van der Waals surface area contributed by atoms with E-state index in [4.69, 9.17) is 5.11 Å². The number of fused-ring (bicyclic) bond motifs is 1. The molecule has 2 N–H and O–H groups in total. The average Bonchev–Trinajstić information content (AvgIpc) is 3.29. The van der Waals surface area contributed by atoms with Gasteiger partial charge in [0.15, 0.2) is 0 Å². The minimum absolute atomic E-state index is 0.0401. The van der Waals surface area contributed by atoms with Gasteiger partial charge in [0.05, 0.1) is 6.61 Å². The van der Waals surface area contributed by atoms with E-state index in [0.717, 1.165) is 29.4 Å². The maximum atomic E-state index is 9.47. The first-order valence-electron chi connectivity index (χ1n) is 8.39. The summed E-state index contributed by atoms with van der Waals surface area (Å²) in [5.74, 6) is 1.05. The van der Waals surface area contributed by atoms with Crippen LogP contribution in [0.25, 0.3) is 11.0 Å². The number of aliphatic hydroxyl groups is 1. The molecule has 3 aromatic rings. The van der Waals surface area contributed by atoms with Crippen molar-refractivity contribution in [1.29, 1.82) is 5.26 Å². The number of rotatable bonds is 4. The van der Waals surface area contributed by atoms with E-state index in [1.165, 1.54) is 12.8 Å². The van der Waals surface area contributed by atoms with Crippen LogP contribution in [0.3, 0.4) is 0 Å². The average molecular weight is 334 g/mol. The second-order valence-corrected chi connectivity index (χ2v) is 6.26. The van der Waals surface area contributed by atoms with E-state index in [1.54, 1.807) is 24.5 Å². The highest BCUT2D eigenvalue weighted by Crippen LogP contribution is 2.34. The Morgan fingerprint density at radius 1 is 1.24 bits per heavy atom. The molecule has 4 rings (SSSR count). The van der Waals surface area contributed by atoms with Crippen LogP contribution in [-0.4, -0.2) is 24.6 Å². The quantitative estimate of drug-likeness (QED) is 0.760. The summed E-state index contributed by atoms with van der Waals surface area (Å²) in [6, 6.07) is 8.03. The molecule has 25 heavy (non-hydrogen) atoms. The van der Waals surface area contributed by atoms with Crippen LogP contribution < -0.4 is 5.32 Å². The van der Waals surface area contributed by atoms with Gasteiger partial charge in [0.1, 0.15) is 23.2 Å². The maximum absolute atomic E-state index is 9.47. The van der Waals surface area contributed by atoms with E-state index in [2.05, 4.69) is 30.9 Å². The van der Waals surface area contributed by atoms with E-state index in [0.29, 0.717) is 23.5 Å². The largest absolute Gasteiger partial charge is 0.392 e. The third kappa shape index (κ3) is 2.92. The van der Waals surface area contributed by atoms with Crippen LogP contribution >= 0.6 is 0 Å². The van der Waals surface area contributed by atoms with Crippen LogP contribution in [0.15, 0.2) is 30.6 Å². The molecule has 3 heterocycles. The summed E-state index contributed by atoms with van der Waals surface area (Å²) in [5, 5.41) is 22.5. The Morgan fingerprint density at radius 3 is 2.76 bits per heavy atom. The van der Waals surface area contributed by atoms with Crippen molar-refractivity contribution in [3.05, 3.63) is 41.9 Å². The molecule has 1 saturated carbocycles. The van der Waals surface area contributed by atoms with Crippen molar-refractivity contribution < 1.29 is 5.11 Å². The first kappa shape index (κ1) is 15.5. The number of nitrogens with zero attached hydrogens (tertiary/aromatic N) is 5. The third-order valence-corrected chi connectivity index (χ3v) is 4.63. The zero-order chi connectivity index (χ0) is 17.2. The fraction of sp³-hybridized carbons (Fsp3) is 0.333. The summed E-state index contributed by atoms with van der Waals surface area (Å²) in [4.78, 5) is 13.2. The topological polar surface area (TPSA) is 99.7 Å². The van der Waals surface area contributed by atoms with E-state index in [1.807, 2.05) is 6.07 Å². The first-order chi connectivity index (χ1) is 12.3. The van der Waals surface area contributed by atoms with Gasteiger partial charge in [-0.2, -0.15) is 10.2 Å². The summed E-state index contributed by atoms with van der Waals surface area (Å²) < 4.78 is 2.05. The smallest absolute Gasteiger partial charge is 0.230 e. The van der Waals surface area contributed by atoms with Gasteiger partial charge in [-0.3, -0.25) is 0 Å². The van der Waals surface area contributed by atoms with Gasteiger partial charge in [0.2, 0.25) is 5.95 Å². The summed E-state index contributed by atoms with van der Waals surface area (Å²) in [7, 11) is 0. The molecule has 0 saturated heterocycles. The fourth-order valence-corrected chi connectivity index (χ4v) is 3.39. The van der Waals surface area contributed by atoms with Crippen LogP contribution in [0, 0.1) is 11.3 Å². The Kier molecular flexibility index (Phi) is 4.04. The summed E-state index contributed by atoms with van der Waals surface area (Å²) in [6.07, 6.45) is 7.87. The minimum Gasteiger partial charge on any atom is -0.392 e. The zero-order valence-corrected chi connectivity index (χ0v) is 13.7. The molecule has 0 spiro atoms. The second-order valence-electron chi connectivity index (χ2n) is 6.26. The molecule has 0 atom stereocenters.